The minimum Gasteiger partial charge on any atom is -0.457 e. The second-order valence-corrected chi connectivity index (χ2v) is 12.8. The number of carbonyl (C=O) groups excluding carboxylic acids is 3. The molecule has 1 saturated heterocycles. The number of halogens is 2. The third-order valence-electron chi connectivity index (χ3n) is 8.26. The molecule has 1 aliphatic heterocycles. The van der Waals surface area contributed by atoms with E-state index >= 15 is 0 Å². The molecule has 1 aliphatic rings. The molecule has 2 atom stereocenters. The number of hydrogen-bond donors (Lipinski definition) is 3. The largest absolute Gasteiger partial charge is 0.457 e. The molecule has 2 heterocycles. The highest BCUT2D eigenvalue weighted by molar-refractivity contribution is 5.98. The summed E-state index contributed by atoms with van der Waals surface area (Å²) in [6.07, 6.45) is 5.03. The number of carbonyl (C=O) groups is 3. The van der Waals surface area contributed by atoms with Crippen molar-refractivity contribution in [3.05, 3.63) is 109 Å². The zero-order valence-electron chi connectivity index (χ0n) is 28.5. The van der Waals surface area contributed by atoms with Gasteiger partial charge >= 0.3 is 0 Å². The van der Waals surface area contributed by atoms with E-state index in [-0.39, 0.29) is 49.8 Å². The number of hydrogen-bond acceptors (Lipinski definition) is 7. The Morgan fingerprint density at radius 2 is 1.52 bits per heavy atom. The van der Waals surface area contributed by atoms with Crippen LogP contribution in [-0.2, 0) is 25.7 Å². The molecule has 13 heteroatoms. The van der Waals surface area contributed by atoms with Crippen LogP contribution in [0.25, 0.3) is 0 Å². The molecule has 0 aliphatic carbocycles. The molecule has 50 heavy (non-hydrogen) atoms. The molecule has 268 valence electrons. The smallest absolute Gasteiger partial charge is 0.250 e. The predicted octanol–water partition coefficient (Wildman–Crippen LogP) is 5.74. The Morgan fingerprint density at radius 3 is 2.14 bits per heavy atom. The summed E-state index contributed by atoms with van der Waals surface area (Å²) in [5.74, 6) is 1.06. The van der Waals surface area contributed by atoms with Crippen LogP contribution in [0.4, 0.5) is 5.82 Å². The van der Waals surface area contributed by atoms with Crippen LogP contribution >= 0.6 is 24.8 Å². The molecular weight excluding hydrogens is 679 g/mol. The summed E-state index contributed by atoms with van der Waals surface area (Å²) < 4.78 is 13.5. The van der Waals surface area contributed by atoms with Crippen molar-refractivity contribution in [1.82, 2.24) is 19.8 Å². The molecule has 4 N–H and O–H groups in total. The van der Waals surface area contributed by atoms with Gasteiger partial charge in [-0.25, -0.2) is 4.98 Å². The first-order valence-electron chi connectivity index (χ1n) is 16.2. The number of anilines is 1. The summed E-state index contributed by atoms with van der Waals surface area (Å²) in [6.45, 7) is 6.84. The van der Waals surface area contributed by atoms with E-state index in [1.165, 1.54) is 6.33 Å². The number of piperidine rings is 1. The number of amides is 3. The second kappa shape index (κ2) is 18.5. The van der Waals surface area contributed by atoms with Crippen molar-refractivity contribution in [2.24, 2.45) is 11.7 Å². The molecular formula is C37H46Cl2N6O5. The Morgan fingerprint density at radius 1 is 0.920 bits per heavy atom. The number of ether oxygens (including phenoxy) is 2. The van der Waals surface area contributed by atoms with E-state index in [4.69, 9.17) is 15.2 Å². The van der Waals surface area contributed by atoms with Crippen molar-refractivity contribution in [3.8, 4) is 11.5 Å². The summed E-state index contributed by atoms with van der Waals surface area (Å²) in [4.78, 5) is 46.6. The van der Waals surface area contributed by atoms with Crippen LogP contribution in [0.2, 0.25) is 0 Å². The highest BCUT2D eigenvalue weighted by Crippen LogP contribution is 2.29. The average Bonchev–Trinajstić information content (AvgIpc) is 3.53. The van der Waals surface area contributed by atoms with Gasteiger partial charge in [-0.05, 0) is 68.0 Å². The highest BCUT2D eigenvalue weighted by atomic mass is 35.5. The number of nitrogens with two attached hydrogens (primary N) is 1. The lowest BCUT2D eigenvalue weighted by Gasteiger charge is -2.33. The molecule has 0 saturated carbocycles. The van der Waals surface area contributed by atoms with E-state index in [1.807, 2.05) is 89.8 Å². The van der Waals surface area contributed by atoms with Crippen LogP contribution < -0.4 is 21.1 Å². The number of benzene rings is 3. The summed E-state index contributed by atoms with van der Waals surface area (Å²) >= 11 is 0. The maximum absolute atomic E-state index is 14.1. The van der Waals surface area contributed by atoms with Gasteiger partial charge in [0.1, 0.15) is 23.6 Å². The van der Waals surface area contributed by atoms with Crippen LogP contribution in [0.15, 0.2) is 97.5 Å². The molecule has 3 amide bonds. The fourth-order valence-electron chi connectivity index (χ4n) is 5.34. The normalized spacial score (nSPS) is 14.4. The molecule has 0 spiro atoms. The number of likely N-dealkylation sites (tertiary alicyclic amines) is 1. The third kappa shape index (κ3) is 11.0. The van der Waals surface area contributed by atoms with E-state index in [2.05, 4.69) is 22.5 Å². The topological polar surface area (TPSA) is 141 Å². The van der Waals surface area contributed by atoms with E-state index in [9.17, 15) is 14.4 Å². The van der Waals surface area contributed by atoms with Gasteiger partial charge in [0, 0.05) is 19.3 Å². The summed E-state index contributed by atoms with van der Waals surface area (Å²) in [6, 6.07) is 24.7. The molecule has 1 aromatic heterocycles. The van der Waals surface area contributed by atoms with Crippen molar-refractivity contribution in [3.63, 3.8) is 0 Å². The molecule has 3 aromatic carbocycles. The molecule has 0 radical (unpaired) electrons. The Balaban J connectivity index is 0.00000338. The molecule has 5 rings (SSSR count). The fourth-order valence-corrected chi connectivity index (χ4v) is 5.34. The average molecular weight is 726 g/mol. The van der Waals surface area contributed by atoms with E-state index < -0.39 is 29.4 Å². The molecule has 1 fully saturated rings. The summed E-state index contributed by atoms with van der Waals surface area (Å²) in [7, 11) is 0. The Bertz CT molecular complexity index is 1660. The Kier molecular flexibility index (Phi) is 14.8. The van der Waals surface area contributed by atoms with Crippen LogP contribution in [0.1, 0.15) is 50.8 Å². The van der Waals surface area contributed by atoms with Crippen LogP contribution in [-0.4, -0.2) is 63.4 Å². The van der Waals surface area contributed by atoms with Gasteiger partial charge in [0.2, 0.25) is 11.8 Å². The lowest BCUT2D eigenvalue weighted by atomic mass is 9.97. The number of nitrogens with one attached hydrogen (secondary N) is 2. The van der Waals surface area contributed by atoms with Gasteiger partial charge in [0.15, 0.2) is 5.82 Å². The van der Waals surface area contributed by atoms with Gasteiger partial charge in [0.05, 0.1) is 25.1 Å². The number of aromatic nitrogens is 2. The van der Waals surface area contributed by atoms with Crippen molar-refractivity contribution in [1.29, 1.82) is 0 Å². The lowest BCUT2D eigenvalue weighted by Crippen LogP contribution is -2.56. The van der Waals surface area contributed by atoms with Crippen molar-refractivity contribution < 1.29 is 23.9 Å². The highest BCUT2D eigenvalue weighted by Gasteiger charge is 2.31. The maximum Gasteiger partial charge on any atom is 0.250 e. The van der Waals surface area contributed by atoms with Gasteiger partial charge in [-0.1, -0.05) is 67.6 Å². The molecule has 1 unspecified atom stereocenters. The number of para-hydroxylation sites is 1. The SMILES string of the molecule is CC1CCN(C(=O)C(c2ccc(Oc3ccccc3)cc2)n2cnc(NC(=O)[C@@H](COCc3ccccc3)NC(=O)C(C)(C)N)c2)CC1.Cl.Cl. The van der Waals surface area contributed by atoms with Crippen molar-refractivity contribution in [2.75, 3.05) is 25.0 Å². The first-order valence-corrected chi connectivity index (χ1v) is 16.2. The predicted molar refractivity (Wildman–Crippen MR) is 198 cm³/mol. The first kappa shape index (κ1) is 40.0. The quantitative estimate of drug-likeness (QED) is 0.160. The zero-order chi connectivity index (χ0) is 34.1. The fraction of sp³-hybridized carbons (Fsp3) is 0.351. The van der Waals surface area contributed by atoms with Gasteiger partial charge in [-0.2, -0.15) is 0 Å². The standard InChI is InChI=1S/C37H44N6O5.2ClH/c1-26-18-20-42(21-19-26)35(45)33(28-14-16-30(17-15-28)48-29-12-8-5-9-13-29)43-22-32(39-25-43)41-34(44)31(40-36(46)37(2,3)38)24-47-23-27-10-6-4-7-11-27;;/h4-17,22,25-26,31,33H,18-21,23-24,38H2,1-3H3,(H,40,46)(H,41,44);2*1H/t31-,33?;;/m1../s1. The molecule has 11 nitrogen and oxygen atoms in total. The van der Waals surface area contributed by atoms with Gasteiger partial charge in [0.25, 0.3) is 5.91 Å². The minimum atomic E-state index is -1.21. The van der Waals surface area contributed by atoms with Crippen LogP contribution in [0, 0.1) is 5.92 Å². The summed E-state index contributed by atoms with van der Waals surface area (Å²) in [5, 5.41) is 5.48. The third-order valence-corrected chi connectivity index (χ3v) is 8.26. The Labute approximate surface area is 305 Å². The van der Waals surface area contributed by atoms with E-state index in [0.717, 1.165) is 24.0 Å². The second-order valence-electron chi connectivity index (χ2n) is 12.8. The minimum absolute atomic E-state index is 0. The van der Waals surface area contributed by atoms with E-state index in [0.29, 0.717) is 30.5 Å². The number of rotatable bonds is 13. The number of imidazole rings is 1. The van der Waals surface area contributed by atoms with Crippen molar-refractivity contribution >= 4 is 48.4 Å². The molecule has 4 aromatic rings. The molecule has 0 bridgehead atoms. The van der Waals surface area contributed by atoms with Crippen molar-refractivity contribution in [2.45, 2.75) is 57.8 Å². The maximum atomic E-state index is 14.1. The van der Waals surface area contributed by atoms with Crippen LogP contribution in [0.5, 0.6) is 11.5 Å². The van der Waals surface area contributed by atoms with Gasteiger partial charge < -0.3 is 35.3 Å². The number of nitrogens with zero attached hydrogens (tertiary/aromatic N) is 3. The van der Waals surface area contributed by atoms with Crippen LogP contribution in [0.3, 0.4) is 0 Å². The Hall–Kier alpha value is -4.42. The van der Waals surface area contributed by atoms with Gasteiger partial charge in [-0.3, -0.25) is 14.4 Å². The van der Waals surface area contributed by atoms with E-state index in [1.54, 1.807) is 24.6 Å². The summed E-state index contributed by atoms with van der Waals surface area (Å²) in [5.41, 5.74) is 6.46. The first-order chi connectivity index (χ1) is 23.1. The van der Waals surface area contributed by atoms with Gasteiger partial charge in [-0.15, -0.1) is 24.8 Å². The monoisotopic (exact) mass is 724 g/mol. The zero-order valence-corrected chi connectivity index (χ0v) is 30.1. The lowest BCUT2D eigenvalue weighted by molar-refractivity contribution is -0.135.